The third-order valence-corrected chi connectivity index (χ3v) is 3.17. The molecule has 0 rings (SSSR count). The summed E-state index contributed by atoms with van der Waals surface area (Å²) in [7, 11) is 1.67. The van der Waals surface area contributed by atoms with Crippen molar-refractivity contribution in [1.29, 1.82) is 0 Å². The van der Waals surface area contributed by atoms with E-state index in [0.29, 0.717) is 12.8 Å². The highest BCUT2D eigenvalue weighted by atomic mass is 16.4. The molecule has 0 heterocycles. The van der Waals surface area contributed by atoms with Gasteiger partial charge in [0.15, 0.2) is 0 Å². The number of rotatable bonds is 9. The van der Waals surface area contributed by atoms with Gasteiger partial charge in [0.05, 0.1) is 6.04 Å². The molecule has 0 radical (unpaired) electrons. The minimum Gasteiger partial charge on any atom is -0.480 e. The maximum Gasteiger partial charge on any atom is 0.323 e. The minimum absolute atomic E-state index is 0.0531. The van der Waals surface area contributed by atoms with Crippen molar-refractivity contribution in [3.8, 4) is 0 Å². The lowest BCUT2D eigenvalue weighted by Crippen LogP contribution is -2.53. The largest absolute Gasteiger partial charge is 0.480 e. The molecule has 0 aliphatic rings. The van der Waals surface area contributed by atoms with Gasteiger partial charge in [0.25, 0.3) is 0 Å². The first kappa shape index (κ1) is 17.9. The summed E-state index contributed by atoms with van der Waals surface area (Å²) in [5, 5.41) is 15.3. The zero-order valence-corrected chi connectivity index (χ0v) is 12.5. The number of carboxylic acid groups (broad SMARTS) is 1. The summed E-state index contributed by atoms with van der Waals surface area (Å²) in [6, 6.07) is -0.350. The molecular formula is C13H27N3O3. The van der Waals surface area contributed by atoms with Crippen LogP contribution >= 0.6 is 0 Å². The zero-order chi connectivity index (χ0) is 15.2. The van der Waals surface area contributed by atoms with E-state index in [1.54, 1.807) is 14.0 Å². The number of primary amides is 1. The van der Waals surface area contributed by atoms with Crippen LogP contribution in [0.5, 0.6) is 0 Å². The fraction of sp³-hybridized carbons (Fsp3) is 0.846. The fourth-order valence-electron chi connectivity index (χ4n) is 2.40. The van der Waals surface area contributed by atoms with E-state index in [2.05, 4.69) is 10.6 Å². The number of carboxylic acids is 1. The summed E-state index contributed by atoms with van der Waals surface area (Å²) >= 11 is 0. The Morgan fingerprint density at radius 1 is 1.32 bits per heavy atom. The normalized spacial score (nSPS) is 17.8. The van der Waals surface area contributed by atoms with E-state index < -0.39 is 23.5 Å². The summed E-state index contributed by atoms with van der Waals surface area (Å²) in [6.07, 6.45) is 0.959. The van der Waals surface area contributed by atoms with E-state index in [1.165, 1.54) is 0 Å². The van der Waals surface area contributed by atoms with Crippen LogP contribution in [0, 0.1) is 5.92 Å². The van der Waals surface area contributed by atoms with Crippen LogP contribution < -0.4 is 16.4 Å². The monoisotopic (exact) mass is 273 g/mol. The van der Waals surface area contributed by atoms with Gasteiger partial charge in [0.2, 0.25) is 5.91 Å². The molecule has 3 atom stereocenters. The van der Waals surface area contributed by atoms with E-state index >= 15 is 0 Å². The molecule has 0 saturated carbocycles. The highest BCUT2D eigenvalue weighted by Gasteiger charge is 2.35. The summed E-state index contributed by atoms with van der Waals surface area (Å²) in [5.41, 5.74) is 4.27. The quantitative estimate of drug-likeness (QED) is 0.484. The highest BCUT2D eigenvalue weighted by Crippen LogP contribution is 2.21. The number of carbonyl (C=O) groups excluding carboxylic acids is 1. The van der Waals surface area contributed by atoms with Crippen LogP contribution in [0.15, 0.2) is 0 Å². The van der Waals surface area contributed by atoms with Crippen LogP contribution in [0.3, 0.4) is 0 Å². The third kappa shape index (κ3) is 6.02. The smallest absolute Gasteiger partial charge is 0.323 e. The second-order valence-electron chi connectivity index (χ2n) is 5.72. The lowest BCUT2D eigenvalue weighted by Gasteiger charge is -2.32. The van der Waals surface area contributed by atoms with Crippen LogP contribution in [-0.2, 0) is 9.59 Å². The van der Waals surface area contributed by atoms with Crippen molar-refractivity contribution >= 4 is 11.9 Å². The van der Waals surface area contributed by atoms with E-state index in [4.69, 9.17) is 5.73 Å². The van der Waals surface area contributed by atoms with Gasteiger partial charge in [-0.05, 0) is 46.6 Å². The average Bonchev–Trinajstić information content (AvgIpc) is 2.23. The molecule has 19 heavy (non-hydrogen) atoms. The lowest BCUT2D eigenvalue weighted by molar-refractivity contribution is -0.145. The summed E-state index contributed by atoms with van der Waals surface area (Å²) in [4.78, 5) is 22.6. The molecule has 0 fully saturated rings. The maximum absolute atomic E-state index is 11.4. The van der Waals surface area contributed by atoms with Gasteiger partial charge >= 0.3 is 5.97 Å². The van der Waals surface area contributed by atoms with E-state index in [1.807, 2.05) is 20.8 Å². The molecule has 0 aliphatic carbocycles. The maximum atomic E-state index is 11.4. The number of amides is 1. The molecule has 0 aromatic heterocycles. The summed E-state index contributed by atoms with van der Waals surface area (Å²) in [6.45, 7) is 7.41. The van der Waals surface area contributed by atoms with Crippen molar-refractivity contribution < 1.29 is 14.7 Å². The fourth-order valence-corrected chi connectivity index (χ4v) is 2.40. The summed E-state index contributed by atoms with van der Waals surface area (Å²) in [5.74, 6) is -1.24. The van der Waals surface area contributed by atoms with Crippen molar-refractivity contribution in [2.24, 2.45) is 11.7 Å². The van der Waals surface area contributed by atoms with Crippen molar-refractivity contribution in [3.63, 3.8) is 0 Å². The first-order chi connectivity index (χ1) is 8.62. The summed E-state index contributed by atoms with van der Waals surface area (Å²) < 4.78 is 0. The van der Waals surface area contributed by atoms with Crippen LogP contribution in [0.1, 0.15) is 40.5 Å². The molecule has 112 valence electrons. The van der Waals surface area contributed by atoms with Gasteiger partial charge in [-0.2, -0.15) is 0 Å². The van der Waals surface area contributed by atoms with Crippen LogP contribution in [-0.4, -0.2) is 41.7 Å². The Morgan fingerprint density at radius 2 is 1.84 bits per heavy atom. The number of carbonyl (C=O) groups is 2. The number of nitrogens with one attached hydrogen (secondary N) is 2. The van der Waals surface area contributed by atoms with Crippen LogP contribution in [0.2, 0.25) is 0 Å². The second-order valence-corrected chi connectivity index (χ2v) is 5.72. The Hall–Kier alpha value is -1.14. The molecule has 0 aromatic carbocycles. The molecule has 0 bridgehead atoms. The van der Waals surface area contributed by atoms with E-state index in [0.717, 1.165) is 0 Å². The van der Waals surface area contributed by atoms with Crippen molar-refractivity contribution in [2.45, 2.75) is 58.2 Å². The molecule has 1 amide bonds. The molecule has 0 spiro atoms. The van der Waals surface area contributed by atoms with Gasteiger partial charge in [0, 0.05) is 6.04 Å². The van der Waals surface area contributed by atoms with Gasteiger partial charge < -0.3 is 16.2 Å². The van der Waals surface area contributed by atoms with Crippen molar-refractivity contribution in [1.82, 2.24) is 10.6 Å². The lowest BCUT2D eigenvalue weighted by atomic mass is 9.85. The molecular weight excluding hydrogens is 246 g/mol. The predicted molar refractivity (Wildman–Crippen MR) is 74.8 cm³/mol. The van der Waals surface area contributed by atoms with E-state index in [-0.39, 0.29) is 12.0 Å². The van der Waals surface area contributed by atoms with Gasteiger partial charge in [-0.15, -0.1) is 0 Å². The van der Waals surface area contributed by atoms with Gasteiger partial charge in [0.1, 0.15) is 5.54 Å². The Bertz CT molecular complexity index is 320. The Balaban J connectivity index is 4.68. The molecule has 0 saturated heterocycles. The SMILES string of the molecule is CNC(CC(C)CC(C)(NC(C)C)C(=O)O)C(N)=O. The van der Waals surface area contributed by atoms with Gasteiger partial charge in [-0.3, -0.25) is 14.9 Å². The molecule has 0 aliphatic heterocycles. The molecule has 3 unspecified atom stereocenters. The Morgan fingerprint density at radius 3 is 2.16 bits per heavy atom. The molecule has 0 aromatic rings. The number of hydrogen-bond acceptors (Lipinski definition) is 4. The first-order valence-electron chi connectivity index (χ1n) is 6.60. The van der Waals surface area contributed by atoms with Gasteiger partial charge in [-0.1, -0.05) is 6.92 Å². The van der Waals surface area contributed by atoms with Crippen LogP contribution in [0.25, 0.3) is 0 Å². The van der Waals surface area contributed by atoms with Crippen molar-refractivity contribution in [2.75, 3.05) is 7.05 Å². The minimum atomic E-state index is -0.997. The number of likely N-dealkylation sites (N-methyl/N-ethyl adjacent to an activating group) is 1. The first-order valence-corrected chi connectivity index (χ1v) is 6.60. The highest BCUT2D eigenvalue weighted by molar-refractivity contribution is 5.80. The number of hydrogen-bond donors (Lipinski definition) is 4. The van der Waals surface area contributed by atoms with Crippen molar-refractivity contribution in [3.05, 3.63) is 0 Å². The number of nitrogens with two attached hydrogens (primary N) is 1. The van der Waals surface area contributed by atoms with Crippen LogP contribution in [0.4, 0.5) is 0 Å². The Kier molecular flexibility index (Phi) is 7.00. The second kappa shape index (κ2) is 7.45. The Labute approximate surface area is 115 Å². The van der Waals surface area contributed by atoms with E-state index in [9.17, 15) is 14.7 Å². The standard InChI is InChI=1S/C13H27N3O3/c1-8(2)16-13(4,12(18)19)7-9(3)6-10(15-5)11(14)17/h8-10,15-16H,6-7H2,1-5H3,(H2,14,17)(H,18,19). The molecule has 6 heteroatoms. The predicted octanol–water partition coefficient (Wildman–Crippen LogP) is 0.317. The number of aliphatic carboxylic acids is 1. The molecule has 5 N–H and O–H groups in total. The van der Waals surface area contributed by atoms with Gasteiger partial charge in [-0.25, -0.2) is 0 Å². The average molecular weight is 273 g/mol. The topological polar surface area (TPSA) is 104 Å². The third-order valence-electron chi connectivity index (χ3n) is 3.17. The zero-order valence-electron chi connectivity index (χ0n) is 12.5. The molecule has 6 nitrogen and oxygen atoms in total.